The zero-order valence-electron chi connectivity index (χ0n) is 8.70. The van der Waals surface area contributed by atoms with Gasteiger partial charge in [-0.3, -0.25) is 4.79 Å². The molecule has 0 radical (unpaired) electrons. The van der Waals surface area contributed by atoms with Crippen molar-refractivity contribution in [2.24, 2.45) is 5.92 Å². The van der Waals surface area contributed by atoms with Gasteiger partial charge >= 0.3 is 0 Å². The summed E-state index contributed by atoms with van der Waals surface area (Å²) in [5, 5.41) is 2.72. The van der Waals surface area contributed by atoms with Gasteiger partial charge in [-0.15, -0.1) is 11.6 Å². The predicted octanol–water partition coefficient (Wildman–Crippen LogP) is 0.555. The van der Waals surface area contributed by atoms with E-state index in [2.05, 4.69) is 5.32 Å². The van der Waals surface area contributed by atoms with Gasteiger partial charge in [-0.1, -0.05) is 6.42 Å². The average molecular weight is 254 g/mol. The molecule has 1 rings (SSSR count). The lowest BCUT2D eigenvalue weighted by Crippen LogP contribution is -2.34. The smallest absolute Gasteiger partial charge is 0.235 e. The molecule has 1 amide bonds. The Labute approximate surface area is 95.3 Å². The Kier molecular flexibility index (Phi) is 4.40. The highest BCUT2D eigenvalue weighted by Crippen LogP contribution is 2.29. The molecule has 0 heterocycles. The summed E-state index contributed by atoms with van der Waals surface area (Å²) in [6.07, 6.45) is 4.12. The van der Waals surface area contributed by atoms with Crippen LogP contribution in [0.4, 0.5) is 0 Å². The lowest BCUT2D eigenvalue weighted by Gasteiger charge is -2.13. The average Bonchev–Trinajstić information content (AvgIpc) is 2.44. The third-order valence-electron chi connectivity index (χ3n) is 2.52. The number of amides is 1. The molecule has 0 aliphatic heterocycles. The Morgan fingerprint density at radius 1 is 1.47 bits per heavy atom. The molecule has 0 bridgehead atoms. The van der Waals surface area contributed by atoms with Crippen LogP contribution in [0.15, 0.2) is 0 Å². The van der Waals surface area contributed by atoms with Crippen molar-refractivity contribution < 1.29 is 13.2 Å². The van der Waals surface area contributed by atoms with Crippen LogP contribution in [0.3, 0.4) is 0 Å². The number of hydrogen-bond donors (Lipinski definition) is 1. The van der Waals surface area contributed by atoms with Crippen molar-refractivity contribution in [1.29, 1.82) is 0 Å². The Morgan fingerprint density at radius 2 is 2.13 bits per heavy atom. The molecule has 4 nitrogen and oxygen atoms in total. The Hall–Kier alpha value is -0.290. The van der Waals surface area contributed by atoms with Crippen molar-refractivity contribution in [3.05, 3.63) is 0 Å². The number of halogens is 1. The number of sulfone groups is 1. The molecular weight excluding hydrogens is 238 g/mol. The zero-order valence-corrected chi connectivity index (χ0v) is 10.3. The molecule has 1 aliphatic carbocycles. The first-order valence-corrected chi connectivity index (χ1v) is 7.46. The summed E-state index contributed by atoms with van der Waals surface area (Å²) >= 11 is 6.03. The van der Waals surface area contributed by atoms with E-state index in [0.29, 0.717) is 6.54 Å². The van der Waals surface area contributed by atoms with Crippen molar-refractivity contribution in [1.82, 2.24) is 5.32 Å². The monoisotopic (exact) mass is 253 g/mol. The summed E-state index contributed by atoms with van der Waals surface area (Å²) in [5.41, 5.74) is 0. The molecule has 1 saturated carbocycles. The van der Waals surface area contributed by atoms with Crippen LogP contribution >= 0.6 is 11.6 Å². The minimum Gasteiger partial charge on any atom is -0.355 e. The van der Waals surface area contributed by atoms with Gasteiger partial charge in [-0.05, 0) is 18.8 Å². The van der Waals surface area contributed by atoms with E-state index in [9.17, 15) is 13.2 Å². The third-order valence-corrected chi connectivity index (χ3v) is 3.88. The largest absolute Gasteiger partial charge is 0.355 e. The highest BCUT2D eigenvalue weighted by molar-refractivity contribution is 7.91. The van der Waals surface area contributed by atoms with Gasteiger partial charge in [0.05, 0.1) is 0 Å². The van der Waals surface area contributed by atoms with Gasteiger partial charge in [0.15, 0.2) is 9.84 Å². The maximum Gasteiger partial charge on any atom is 0.235 e. The first kappa shape index (κ1) is 12.8. The first-order chi connectivity index (χ1) is 6.88. The predicted molar refractivity (Wildman–Crippen MR) is 59.7 cm³/mol. The SMILES string of the molecule is CS(=O)(=O)CC(=O)NCC1CCCC1Cl. The van der Waals surface area contributed by atoms with Gasteiger partial charge in [0, 0.05) is 18.2 Å². The van der Waals surface area contributed by atoms with Crippen LogP contribution in [-0.4, -0.2) is 38.3 Å². The minimum atomic E-state index is -3.23. The summed E-state index contributed by atoms with van der Waals surface area (Å²) < 4.78 is 21.6. The van der Waals surface area contributed by atoms with Crippen LogP contribution in [0, 0.1) is 5.92 Å². The number of rotatable bonds is 4. The molecule has 1 fully saturated rings. The van der Waals surface area contributed by atoms with Crippen molar-refractivity contribution in [2.45, 2.75) is 24.6 Å². The van der Waals surface area contributed by atoms with E-state index in [4.69, 9.17) is 11.6 Å². The van der Waals surface area contributed by atoms with Crippen molar-refractivity contribution in [2.75, 3.05) is 18.6 Å². The number of carbonyl (C=O) groups excluding carboxylic acids is 1. The van der Waals surface area contributed by atoms with Gasteiger partial charge in [-0.2, -0.15) is 0 Å². The molecule has 0 saturated heterocycles. The highest BCUT2D eigenvalue weighted by Gasteiger charge is 2.25. The molecular formula is C9H16ClNO3S. The zero-order chi connectivity index (χ0) is 11.5. The Bertz CT molecular complexity index is 328. The molecule has 1 N–H and O–H groups in total. The maximum absolute atomic E-state index is 11.2. The van der Waals surface area contributed by atoms with Crippen LogP contribution in [0.25, 0.3) is 0 Å². The molecule has 0 spiro atoms. The molecule has 0 aromatic rings. The second-order valence-electron chi connectivity index (χ2n) is 4.08. The summed E-state index contributed by atoms with van der Waals surface area (Å²) in [6.45, 7) is 0.489. The molecule has 2 unspecified atom stereocenters. The molecule has 15 heavy (non-hydrogen) atoms. The van der Waals surface area contributed by atoms with E-state index in [1.165, 1.54) is 0 Å². The quantitative estimate of drug-likeness (QED) is 0.745. The lowest BCUT2D eigenvalue weighted by atomic mass is 10.1. The fourth-order valence-electron chi connectivity index (χ4n) is 1.76. The van der Waals surface area contributed by atoms with E-state index in [-0.39, 0.29) is 11.3 Å². The van der Waals surface area contributed by atoms with E-state index in [0.717, 1.165) is 25.5 Å². The summed E-state index contributed by atoms with van der Waals surface area (Å²) in [5.74, 6) is -0.587. The topological polar surface area (TPSA) is 63.2 Å². The first-order valence-electron chi connectivity index (χ1n) is 4.97. The van der Waals surface area contributed by atoms with E-state index in [1.807, 2.05) is 0 Å². The van der Waals surface area contributed by atoms with Crippen LogP contribution in [-0.2, 0) is 14.6 Å². The van der Waals surface area contributed by atoms with Crippen LogP contribution in [0.2, 0.25) is 0 Å². The van der Waals surface area contributed by atoms with Crippen molar-refractivity contribution in [3.8, 4) is 0 Å². The number of nitrogens with one attached hydrogen (secondary N) is 1. The minimum absolute atomic E-state index is 0.114. The second-order valence-corrected chi connectivity index (χ2v) is 6.78. The van der Waals surface area contributed by atoms with Crippen LogP contribution in [0.1, 0.15) is 19.3 Å². The summed E-state index contributed by atoms with van der Waals surface area (Å²) in [4.78, 5) is 11.2. The summed E-state index contributed by atoms with van der Waals surface area (Å²) in [7, 11) is -3.23. The normalized spacial score (nSPS) is 26.5. The van der Waals surface area contributed by atoms with E-state index < -0.39 is 21.5 Å². The van der Waals surface area contributed by atoms with E-state index in [1.54, 1.807) is 0 Å². The number of alkyl halides is 1. The molecule has 0 aromatic carbocycles. The Balaban J connectivity index is 2.28. The molecule has 88 valence electrons. The molecule has 2 atom stereocenters. The van der Waals surface area contributed by atoms with E-state index >= 15 is 0 Å². The number of hydrogen-bond acceptors (Lipinski definition) is 3. The second kappa shape index (κ2) is 5.16. The van der Waals surface area contributed by atoms with Crippen molar-refractivity contribution >= 4 is 27.3 Å². The highest BCUT2D eigenvalue weighted by atomic mass is 35.5. The Morgan fingerprint density at radius 3 is 2.60 bits per heavy atom. The maximum atomic E-state index is 11.2. The fourth-order valence-corrected chi connectivity index (χ4v) is 2.70. The van der Waals surface area contributed by atoms with Gasteiger partial charge in [0.25, 0.3) is 0 Å². The fraction of sp³-hybridized carbons (Fsp3) is 0.889. The summed E-state index contributed by atoms with van der Waals surface area (Å²) in [6, 6.07) is 0. The van der Waals surface area contributed by atoms with Gasteiger partial charge in [-0.25, -0.2) is 8.42 Å². The van der Waals surface area contributed by atoms with Gasteiger partial charge < -0.3 is 5.32 Å². The molecule has 1 aliphatic rings. The number of carbonyl (C=O) groups is 1. The van der Waals surface area contributed by atoms with Gasteiger partial charge in [0.2, 0.25) is 5.91 Å². The molecule has 0 aromatic heterocycles. The third kappa shape index (κ3) is 4.84. The molecule has 6 heteroatoms. The van der Waals surface area contributed by atoms with Crippen LogP contribution in [0.5, 0.6) is 0 Å². The van der Waals surface area contributed by atoms with Crippen molar-refractivity contribution in [3.63, 3.8) is 0 Å². The standard InChI is InChI=1S/C9H16ClNO3S/c1-15(13,14)6-9(12)11-5-7-3-2-4-8(7)10/h7-8H,2-6H2,1H3,(H,11,12). The lowest BCUT2D eigenvalue weighted by molar-refractivity contribution is -0.118. The van der Waals surface area contributed by atoms with Crippen LogP contribution < -0.4 is 5.32 Å². The van der Waals surface area contributed by atoms with Gasteiger partial charge in [0.1, 0.15) is 5.75 Å².